The predicted octanol–water partition coefficient (Wildman–Crippen LogP) is 4.22. The van der Waals surface area contributed by atoms with Crippen molar-refractivity contribution in [2.75, 3.05) is 6.61 Å². The number of ether oxygens (including phenoxy) is 1. The van der Waals surface area contributed by atoms with Crippen molar-refractivity contribution in [3.63, 3.8) is 0 Å². The summed E-state index contributed by atoms with van der Waals surface area (Å²) in [5.41, 5.74) is -0.645. The summed E-state index contributed by atoms with van der Waals surface area (Å²) < 4.78 is 76.4. The van der Waals surface area contributed by atoms with Crippen molar-refractivity contribution in [3.05, 3.63) is 0 Å². The fraction of sp³-hybridized carbons (Fsp3) is 0.909. The molecule has 0 aromatic heterocycles. The molecule has 0 aliphatic rings. The molecule has 0 saturated carbocycles. The minimum atomic E-state index is -5.47. The molecule has 0 heterocycles. The highest BCUT2D eigenvalue weighted by molar-refractivity contribution is 4.91. The summed E-state index contributed by atoms with van der Waals surface area (Å²) >= 11 is 0. The summed E-state index contributed by atoms with van der Waals surface area (Å²) in [4.78, 5) is 0. The molecule has 0 unspecified atom stereocenters. The molecule has 0 aliphatic heterocycles. The SMILES string of the molecule is CC(C)(C#N)CCCCOC(C(F)(F)F)C(F)(F)F. The van der Waals surface area contributed by atoms with Crippen LogP contribution in [-0.4, -0.2) is 25.1 Å². The van der Waals surface area contributed by atoms with Gasteiger partial charge in [-0.25, -0.2) is 0 Å². The van der Waals surface area contributed by atoms with Gasteiger partial charge >= 0.3 is 12.4 Å². The molecule has 0 N–H and O–H groups in total. The molecule has 19 heavy (non-hydrogen) atoms. The Kier molecular flexibility index (Phi) is 6.13. The Morgan fingerprint density at radius 3 is 1.84 bits per heavy atom. The van der Waals surface area contributed by atoms with Crippen LogP contribution in [0, 0.1) is 16.7 Å². The Bertz CT molecular complexity index is 301. The van der Waals surface area contributed by atoms with E-state index in [0.29, 0.717) is 12.8 Å². The Morgan fingerprint density at radius 2 is 1.47 bits per heavy atom. The van der Waals surface area contributed by atoms with Crippen molar-refractivity contribution in [2.45, 2.75) is 51.6 Å². The molecule has 0 radical (unpaired) electrons. The number of nitrogens with zero attached hydrogens (tertiary/aromatic N) is 1. The number of alkyl halides is 6. The Balaban J connectivity index is 4.14. The summed E-state index contributed by atoms with van der Waals surface area (Å²) in [6, 6.07) is 1.99. The van der Waals surface area contributed by atoms with Crippen LogP contribution < -0.4 is 0 Å². The van der Waals surface area contributed by atoms with Crippen LogP contribution >= 0.6 is 0 Å². The summed E-state index contributed by atoms with van der Waals surface area (Å²) in [7, 11) is 0. The molecule has 0 aromatic carbocycles. The molecule has 0 amide bonds. The first kappa shape index (κ1) is 18.0. The van der Waals surface area contributed by atoms with Gasteiger partial charge in [0.25, 0.3) is 0 Å². The van der Waals surface area contributed by atoms with E-state index in [1.54, 1.807) is 13.8 Å². The van der Waals surface area contributed by atoms with Crippen molar-refractivity contribution in [3.8, 4) is 6.07 Å². The number of unbranched alkanes of at least 4 members (excludes halogenated alkanes) is 1. The van der Waals surface area contributed by atoms with Crippen molar-refractivity contribution in [1.29, 1.82) is 5.26 Å². The number of halogens is 6. The van der Waals surface area contributed by atoms with E-state index < -0.39 is 30.5 Å². The van der Waals surface area contributed by atoms with E-state index in [1.807, 2.05) is 6.07 Å². The maximum Gasteiger partial charge on any atom is 0.423 e. The maximum absolute atomic E-state index is 12.1. The minimum absolute atomic E-state index is 0.0355. The van der Waals surface area contributed by atoms with Crippen molar-refractivity contribution >= 4 is 0 Å². The van der Waals surface area contributed by atoms with Crippen molar-refractivity contribution in [2.24, 2.45) is 5.41 Å². The molecule has 2 nitrogen and oxygen atoms in total. The van der Waals surface area contributed by atoms with Crippen molar-refractivity contribution in [1.82, 2.24) is 0 Å². The van der Waals surface area contributed by atoms with Crippen LogP contribution in [0.1, 0.15) is 33.1 Å². The van der Waals surface area contributed by atoms with Crippen LogP contribution in [0.25, 0.3) is 0 Å². The Labute approximate surface area is 107 Å². The van der Waals surface area contributed by atoms with Gasteiger partial charge in [-0.2, -0.15) is 31.6 Å². The Morgan fingerprint density at radius 1 is 1.00 bits per heavy atom. The van der Waals surface area contributed by atoms with Crippen LogP contribution in [0.15, 0.2) is 0 Å². The van der Waals surface area contributed by atoms with Gasteiger partial charge in [-0.1, -0.05) is 0 Å². The van der Waals surface area contributed by atoms with Gasteiger partial charge in [0.1, 0.15) is 0 Å². The molecule has 0 fully saturated rings. The fourth-order valence-electron chi connectivity index (χ4n) is 1.30. The normalized spacial score (nSPS) is 13.7. The minimum Gasteiger partial charge on any atom is -0.361 e. The lowest BCUT2D eigenvalue weighted by atomic mass is 9.89. The molecule has 112 valence electrons. The second-order valence-corrected chi connectivity index (χ2v) is 4.79. The second-order valence-electron chi connectivity index (χ2n) is 4.79. The van der Waals surface area contributed by atoms with E-state index in [0.717, 1.165) is 0 Å². The van der Waals surface area contributed by atoms with E-state index in [2.05, 4.69) is 4.74 Å². The first-order valence-corrected chi connectivity index (χ1v) is 5.56. The molecular formula is C11H15F6NO. The van der Waals surface area contributed by atoms with Crippen LogP contribution in [0.5, 0.6) is 0 Å². The van der Waals surface area contributed by atoms with E-state index in [-0.39, 0.29) is 6.42 Å². The molecule has 8 heteroatoms. The molecule has 0 bridgehead atoms. The van der Waals surface area contributed by atoms with Gasteiger partial charge in [-0.15, -0.1) is 0 Å². The summed E-state index contributed by atoms with van der Waals surface area (Å²) in [6.07, 6.45) is -13.9. The molecule has 0 rings (SSSR count). The standard InChI is InChI=1S/C11H15F6NO/c1-9(2,7-18)5-3-4-6-19-8(10(12,13)14)11(15,16)17/h8H,3-6H2,1-2H3. The van der Waals surface area contributed by atoms with Gasteiger partial charge < -0.3 is 4.74 Å². The van der Waals surface area contributed by atoms with E-state index in [4.69, 9.17) is 5.26 Å². The third kappa shape index (κ3) is 7.25. The number of hydrogen-bond acceptors (Lipinski definition) is 2. The summed E-state index contributed by atoms with van der Waals surface area (Å²) in [5, 5.41) is 8.67. The van der Waals surface area contributed by atoms with Gasteiger partial charge in [-0.3, -0.25) is 0 Å². The third-order valence-electron chi connectivity index (χ3n) is 2.38. The average Bonchev–Trinajstić information content (AvgIpc) is 2.19. The number of nitriles is 1. The first-order chi connectivity index (χ1) is 8.40. The number of rotatable bonds is 6. The topological polar surface area (TPSA) is 33.0 Å². The van der Waals surface area contributed by atoms with Crippen LogP contribution in [0.3, 0.4) is 0 Å². The first-order valence-electron chi connectivity index (χ1n) is 5.56. The average molecular weight is 291 g/mol. The lowest BCUT2D eigenvalue weighted by Gasteiger charge is -2.23. The lowest BCUT2D eigenvalue weighted by Crippen LogP contribution is -2.44. The molecule has 0 saturated heterocycles. The van der Waals surface area contributed by atoms with Crippen molar-refractivity contribution < 1.29 is 31.1 Å². The smallest absolute Gasteiger partial charge is 0.361 e. The van der Waals surface area contributed by atoms with Gasteiger partial charge in [0, 0.05) is 6.61 Å². The Hall–Kier alpha value is -0.970. The quantitative estimate of drug-likeness (QED) is 0.542. The zero-order valence-corrected chi connectivity index (χ0v) is 10.5. The zero-order chi connectivity index (χ0) is 15.3. The highest BCUT2D eigenvalue weighted by Crippen LogP contribution is 2.35. The zero-order valence-electron chi connectivity index (χ0n) is 10.5. The molecular weight excluding hydrogens is 276 g/mol. The van der Waals surface area contributed by atoms with E-state index in [1.165, 1.54) is 0 Å². The molecule has 0 atom stereocenters. The largest absolute Gasteiger partial charge is 0.423 e. The second kappa shape index (κ2) is 6.46. The van der Waals surface area contributed by atoms with Gasteiger partial charge in [0.15, 0.2) is 0 Å². The number of hydrogen-bond donors (Lipinski definition) is 0. The van der Waals surface area contributed by atoms with E-state index >= 15 is 0 Å². The predicted molar refractivity (Wildman–Crippen MR) is 55.1 cm³/mol. The van der Waals surface area contributed by atoms with Crippen LogP contribution in [0.4, 0.5) is 26.3 Å². The summed E-state index contributed by atoms with van der Waals surface area (Å²) in [5.74, 6) is 0. The summed E-state index contributed by atoms with van der Waals surface area (Å²) in [6.45, 7) is 2.63. The third-order valence-corrected chi connectivity index (χ3v) is 2.38. The van der Waals surface area contributed by atoms with Crippen LogP contribution in [-0.2, 0) is 4.74 Å². The maximum atomic E-state index is 12.1. The monoisotopic (exact) mass is 291 g/mol. The van der Waals surface area contributed by atoms with E-state index in [9.17, 15) is 26.3 Å². The highest BCUT2D eigenvalue weighted by atomic mass is 19.4. The van der Waals surface area contributed by atoms with Gasteiger partial charge in [0.05, 0.1) is 11.5 Å². The molecule has 0 aromatic rings. The van der Waals surface area contributed by atoms with Gasteiger partial charge in [0.2, 0.25) is 6.10 Å². The van der Waals surface area contributed by atoms with Crippen LogP contribution in [0.2, 0.25) is 0 Å². The lowest BCUT2D eigenvalue weighted by molar-refractivity contribution is -0.321. The molecule has 0 spiro atoms. The highest BCUT2D eigenvalue weighted by Gasteiger charge is 2.57. The fourth-order valence-corrected chi connectivity index (χ4v) is 1.30. The molecule has 0 aliphatic carbocycles. The van der Waals surface area contributed by atoms with Gasteiger partial charge in [-0.05, 0) is 33.1 Å².